The fourth-order valence-electron chi connectivity index (χ4n) is 1.55. The lowest BCUT2D eigenvalue weighted by molar-refractivity contribution is 0.391. The van der Waals surface area contributed by atoms with Gasteiger partial charge >= 0.3 is 0 Å². The number of hydrogen-bond acceptors (Lipinski definition) is 3. The second kappa shape index (κ2) is 4.38. The Kier molecular flexibility index (Phi) is 3.14. The standard InChI is InChI=1S/C9H9F3N2S/c10-6-7(11)13-9(14-8(6)12)5-1-3-15-4-2-5/h5H,1-4H2. The first-order valence-electron chi connectivity index (χ1n) is 4.64. The molecule has 1 aromatic heterocycles. The number of thioether (sulfide) groups is 1. The summed E-state index contributed by atoms with van der Waals surface area (Å²) in [5.41, 5.74) is 0. The Morgan fingerprint density at radius 1 is 1.00 bits per heavy atom. The van der Waals surface area contributed by atoms with Crippen LogP contribution in [-0.2, 0) is 0 Å². The molecule has 0 amide bonds. The lowest BCUT2D eigenvalue weighted by atomic mass is 10.0. The molecule has 2 heterocycles. The van der Waals surface area contributed by atoms with Crippen LogP contribution < -0.4 is 0 Å². The second-order valence-electron chi connectivity index (χ2n) is 3.36. The van der Waals surface area contributed by atoms with Crippen molar-refractivity contribution in [2.45, 2.75) is 18.8 Å². The summed E-state index contributed by atoms with van der Waals surface area (Å²) in [5.74, 6) is -2.48. The fraction of sp³-hybridized carbons (Fsp3) is 0.556. The SMILES string of the molecule is Fc1nc(C2CCSCC2)nc(F)c1F. The van der Waals surface area contributed by atoms with Gasteiger partial charge in [-0.2, -0.15) is 24.9 Å². The molecule has 15 heavy (non-hydrogen) atoms. The average molecular weight is 234 g/mol. The molecule has 0 saturated carbocycles. The molecular formula is C9H9F3N2S. The van der Waals surface area contributed by atoms with E-state index in [-0.39, 0.29) is 11.7 Å². The van der Waals surface area contributed by atoms with Gasteiger partial charge in [-0.3, -0.25) is 0 Å². The van der Waals surface area contributed by atoms with Crippen molar-refractivity contribution < 1.29 is 13.2 Å². The number of rotatable bonds is 1. The molecule has 0 aliphatic carbocycles. The predicted octanol–water partition coefficient (Wildman–Crippen LogP) is 2.50. The van der Waals surface area contributed by atoms with Crippen LogP contribution in [0.2, 0.25) is 0 Å². The quantitative estimate of drug-likeness (QED) is 0.698. The highest BCUT2D eigenvalue weighted by atomic mass is 32.2. The van der Waals surface area contributed by atoms with E-state index in [9.17, 15) is 13.2 Å². The zero-order valence-corrected chi connectivity index (χ0v) is 8.66. The van der Waals surface area contributed by atoms with Crippen molar-refractivity contribution >= 4 is 11.8 Å². The van der Waals surface area contributed by atoms with Crippen LogP contribution in [-0.4, -0.2) is 21.5 Å². The van der Waals surface area contributed by atoms with Gasteiger partial charge in [0.1, 0.15) is 5.82 Å². The highest BCUT2D eigenvalue weighted by Gasteiger charge is 2.22. The molecule has 1 aromatic rings. The van der Waals surface area contributed by atoms with Crippen LogP contribution in [0.25, 0.3) is 0 Å². The molecule has 0 unspecified atom stereocenters. The first-order valence-corrected chi connectivity index (χ1v) is 5.80. The molecule has 0 atom stereocenters. The van der Waals surface area contributed by atoms with E-state index >= 15 is 0 Å². The molecule has 82 valence electrons. The minimum absolute atomic E-state index is 0.0455. The number of halogens is 3. The molecule has 0 bridgehead atoms. The third kappa shape index (κ3) is 2.25. The van der Waals surface area contributed by atoms with Gasteiger partial charge in [0.15, 0.2) is 0 Å². The highest BCUT2D eigenvalue weighted by molar-refractivity contribution is 7.99. The Morgan fingerprint density at radius 3 is 2.07 bits per heavy atom. The summed E-state index contributed by atoms with van der Waals surface area (Å²) in [6.07, 6.45) is 1.57. The average Bonchev–Trinajstić information content (AvgIpc) is 2.26. The van der Waals surface area contributed by atoms with E-state index in [0.29, 0.717) is 0 Å². The zero-order valence-electron chi connectivity index (χ0n) is 7.84. The van der Waals surface area contributed by atoms with Crippen LogP contribution >= 0.6 is 11.8 Å². The van der Waals surface area contributed by atoms with Crippen molar-refractivity contribution in [2.24, 2.45) is 0 Å². The lowest BCUT2D eigenvalue weighted by Gasteiger charge is -2.19. The normalized spacial score (nSPS) is 18.1. The van der Waals surface area contributed by atoms with Crippen molar-refractivity contribution in [1.82, 2.24) is 9.97 Å². The largest absolute Gasteiger partial charge is 0.255 e. The van der Waals surface area contributed by atoms with Crippen molar-refractivity contribution in [3.63, 3.8) is 0 Å². The van der Waals surface area contributed by atoms with Crippen molar-refractivity contribution in [3.8, 4) is 0 Å². The molecular weight excluding hydrogens is 225 g/mol. The molecule has 1 fully saturated rings. The van der Waals surface area contributed by atoms with Gasteiger partial charge in [0, 0.05) is 5.92 Å². The number of aromatic nitrogens is 2. The van der Waals surface area contributed by atoms with Gasteiger partial charge in [0.2, 0.25) is 5.82 Å². The van der Waals surface area contributed by atoms with E-state index in [1.165, 1.54) is 0 Å². The Labute approximate surface area is 89.3 Å². The van der Waals surface area contributed by atoms with E-state index < -0.39 is 17.7 Å². The van der Waals surface area contributed by atoms with Crippen LogP contribution in [0.1, 0.15) is 24.6 Å². The minimum Gasteiger partial charge on any atom is -0.201 e. The van der Waals surface area contributed by atoms with E-state index in [4.69, 9.17) is 0 Å². The topological polar surface area (TPSA) is 25.8 Å². The van der Waals surface area contributed by atoms with Crippen LogP contribution in [0.5, 0.6) is 0 Å². The summed E-state index contributed by atoms with van der Waals surface area (Å²) in [6, 6.07) is 0. The van der Waals surface area contributed by atoms with Gasteiger partial charge in [-0.25, -0.2) is 9.97 Å². The molecule has 1 saturated heterocycles. The third-order valence-electron chi connectivity index (χ3n) is 2.37. The van der Waals surface area contributed by atoms with Crippen LogP contribution in [0.4, 0.5) is 13.2 Å². The summed E-state index contributed by atoms with van der Waals surface area (Å²) in [4.78, 5) is 6.71. The molecule has 0 aromatic carbocycles. The summed E-state index contributed by atoms with van der Waals surface area (Å²) in [5, 5.41) is 0. The van der Waals surface area contributed by atoms with Crippen LogP contribution in [0.3, 0.4) is 0 Å². The summed E-state index contributed by atoms with van der Waals surface area (Å²) in [7, 11) is 0. The zero-order chi connectivity index (χ0) is 10.8. The third-order valence-corrected chi connectivity index (χ3v) is 3.42. The maximum atomic E-state index is 12.8. The maximum absolute atomic E-state index is 12.8. The summed E-state index contributed by atoms with van der Waals surface area (Å²) >= 11 is 1.79. The number of hydrogen-bond donors (Lipinski definition) is 0. The van der Waals surface area contributed by atoms with Gasteiger partial charge in [-0.05, 0) is 24.3 Å². The Hall–Kier alpha value is -0.780. The highest BCUT2D eigenvalue weighted by Crippen LogP contribution is 2.29. The van der Waals surface area contributed by atoms with Gasteiger partial charge in [-0.1, -0.05) is 0 Å². The van der Waals surface area contributed by atoms with Crippen molar-refractivity contribution in [1.29, 1.82) is 0 Å². The second-order valence-corrected chi connectivity index (χ2v) is 4.59. The maximum Gasteiger partial charge on any atom is 0.255 e. The van der Waals surface area contributed by atoms with Crippen molar-refractivity contribution in [2.75, 3.05) is 11.5 Å². The van der Waals surface area contributed by atoms with E-state index in [1.807, 2.05) is 0 Å². The molecule has 6 heteroatoms. The first kappa shape index (κ1) is 10.7. The van der Waals surface area contributed by atoms with Gasteiger partial charge in [0.25, 0.3) is 11.9 Å². The minimum atomic E-state index is -1.59. The molecule has 0 spiro atoms. The smallest absolute Gasteiger partial charge is 0.201 e. The summed E-state index contributed by atoms with van der Waals surface area (Å²) < 4.78 is 38.2. The Morgan fingerprint density at radius 2 is 1.53 bits per heavy atom. The molecule has 2 nitrogen and oxygen atoms in total. The molecule has 0 radical (unpaired) electrons. The molecule has 2 rings (SSSR count). The summed E-state index contributed by atoms with van der Waals surface area (Å²) in [6.45, 7) is 0. The van der Waals surface area contributed by atoms with E-state index in [1.54, 1.807) is 11.8 Å². The van der Waals surface area contributed by atoms with Gasteiger partial charge < -0.3 is 0 Å². The van der Waals surface area contributed by atoms with Gasteiger partial charge in [0.05, 0.1) is 0 Å². The lowest BCUT2D eigenvalue weighted by Crippen LogP contribution is -2.14. The molecule has 0 N–H and O–H groups in total. The monoisotopic (exact) mass is 234 g/mol. The fourth-order valence-corrected chi connectivity index (χ4v) is 2.65. The Bertz CT molecular complexity index is 343. The molecule has 1 aliphatic rings. The van der Waals surface area contributed by atoms with Gasteiger partial charge in [-0.15, -0.1) is 0 Å². The van der Waals surface area contributed by atoms with E-state index in [2.05, 4.69) is 9.97 Å². The predicted molar refractivity (Wildman–Crippen MR) is 51.2 cm³/mol. The van der Waals surface area contributed by atoms with E-state index in [0.717, 1.165) is 24.3 Å². The van der Waals surface area contributed by atoms with Crippen LogP contribution in [0.15, 0.2) is 0 Å². The first-order chi connectivity index (χ1) is 7.18. The number of nitrogens with zero attached hydrogens (tertiary/aromatic N) is 2. The van der Waals surface area contributed by atoms with Crippen molar-refractivity contribution in [3.05, 3.63) is 23.5 Å². The molecule has 1 aliphatic heterocycles. The Balaban J connectivity index is 2.27. The van der Waals surface area contributed by atoms with Crippen LogP contribution in [0, 0.1) is 17.7 Å².